The Hall–Kier alpha value is -2.72. The van der Waals surface area contributed by atoms with E-state index in [1.54, 1.807) is 12.3 Å². The Labute approximate surface area is 150 Å². The Kier molecular flexibility index (Phi) is 5.05. The first-order valence-corrected chi connectivity index (χ1v) is 9.78. The van der Waals surface area contributed by atoms with E-state index in [2.05, 4.69) is 15.2 Å². The van der Waals surface area contributed by atoms with Gasteiger partial charge in [0.1, 0.15) is 11.5 Å². The van der Waals surface area contributed by atoms with Crippen molar-refractivity contribution in [2.75, 3.05) is 42.8 Å². The topological polar surface area (TPSA) is 115 Å². The summed E-state index contributed by atoms with van der Waals surface area (Å²) in [4.78, 5) is 17.0. The third kappa shape index (κ3) is 4.09. The monoisotopic (exact) mass is 378 g/mol. The Balaban J connectivity index is 1.83. The van der Waals surface area contributed by atoms with Gasteiger partial charge in [-0.2, -0.15) is 0 Å². The average Bonchev–Trinajstić information content (AvgIpc) is 2.62. The van der Waals surface area contributed by atoms with Gasteiger partial charge in [-0.3, -0.25) is 10.1 Å². The third-order valence-electron chi connectivity index (χ3n) is 3.96. The molecule has 1 saturated heterocycles. The van der Waals surface area contributed by atoms with Gasteiger partial charge in [-0.25, -0.2) is 13.4 Å². The van der Waals surface area contributed by atoms with Crippen molar-refractivity contribution >= 4 is 32.7 Å². The maximum atomic E-state index is 11.6. The second kappa shape index (κ2) is 7.26. The van der Waals surface area contributed by atoms with E-state index in [0.29, 0.717) is 18.9 Å². The number of nitrogens with zero attached hydrogens (tertiary/aromatic N) is 3. The fourth-order valence-corrected chi connectivity index (χ4v) is 3.23. The molecule has 2 aromatic rings. The van der Waals surface area contributed by atoms with Crippen LogP contribution in [0.3, 0.4) is 0 Å². The Bertz CT molecular complexity index is 909. The lowest BCUT2D eigenvalue weighted by molar-refractivity contribution is -0.384. The number of anilines is 3. The lowest BCUT2D eigenvalue weighted by Gasteiger charge is -2.27. The summed E-state index contributed by atoms with van der Waals surface area (Å²) in [6, 6.07) is 7.36. The van der Waals surface area contributed by atoms with E-state index >= 15 is 0 Å². The van der Waals surface area contributed by atoms with Crippen LogP contribution in [0.25, 0.3) is 0 Å². The third-order valence-corrected chi connectivity index (χ3v) is 5.07. The van der Waals surface area contributed by atoms with Gasteiger partial charge in [-0.15, -0.1) is 0 Å². The van der Waals surface area contributed by atoms with Gasteiger partial charge in [0.15, 0.2) is 9.84 Å². The van der Waals surface area contributed by atoms with E-state index in [-0.39, 0.29) is 16.3 Å². The Morgan fingerprint density at radius 3 is 2.54 bits per heavy atom. The van der Waals surface area contributed by atoms with Crippen LogP contribution in [-0.2, 0) is 14.6 Å². The summed E-state index contributed by atoms with van der Waals surface area (Å²) in [5, 5.41) is 14.2. The van der Waals surface area contributed by atoms with Crippen LogP contribution in [0.2, 0.25) is 0 Å². The fraction of sp³-hybridized carbons (Fsp3) is 0.312. The number of rotatable bonds is 5. The highest BCUT2D eigenvalue weighted by Crippen LogP contribution is 2.30. The molecule has 0 radical (unpaired) electrons. The molecule has 0 atom stereocenters. The molecule has 0 amide bonds. The van der Waals surface area contributed by atoms with Gasteiger partial charge >= 0.3 is 0 Å². The highest BCUT2D eigenvalue weighted by atomic mass is 32.2. The van der Waals surface area contributed by atoms with E-state index in [0.717, 1.165) is 31.2 Å². The minimum Gasteiger partial charge on any atom is -0.378 e. The first-order chi connectivity index (χ1) is 12.3. The largest absolute Gasteiger partial charge is 0.378 e. The molecule has 0 unspecified atom stereocenters. The number of nitro groups is 1. The summed E-state index contributed by atoms with van der Waals surface area (Å²) in [6.45, 7) is 2.83. The van der Waals surface area contributed by atoms with Crippen molar-refractivity contribution in [1.29, 1.82) is 0 Å². The molecule has 1 fully saturated rings. The number of benzene rings is 1. The van der Waals surface area contributed by atoms with Crippen molar-refractivity contribution < 1.29 is 18.1 Å². The molecule has 1 aromatic heterocycles. The van der Waals surface area contributed by atoms with Crippen molar-refractivity contribution in [2.24, 2.45) is 0 Å². The summed E-state index contributed by atoms with van der Waals surface area (Å²) in [7, 11) is -3.53. The van der Waals surface area contributed by atoms with Crippen molar-refractivity contribution in [3.63, 3.8) is 0 Å². The van der Waals surface area contributed by atoms with Crippen molar-refractivity contribution in [1.82, 2.24) is 4.98 Å². The zero-order valence-electron chi connectivity index (χ0n) is 14.1. The van der Waals surface area contributed by atoms with Crippen LogP contribution >= 0.6 is 0 Å². The van der Waals surface area contributed by atoms with E-state index < -0.39 is 14.8 Å². The van der Waals surface area contributed by atoms with E-state index in [1.807, 2.05) is 6.07 Å². The van der Waals surface area contributed by atoms with Gasteiger partial charge in [0.05, 0.1) is 34.9 Å². The van der Waals surface area contributed by atoms with Gasteiger partial charge < -0.3 is 15.0 Å². The summed E-state index contributed by atoms with van der Waals surface area (Å²) in [6.07, 6.45) is 2.59. The molecule has 26 heavy (non-hydrogen) atoms. The number of hydrogen-bond donors (Lipinski definition) is 1. The van der Waals surface area contributed by atoms with Gasteiger partial charge in [0.2, 0.25) is 0 Å². The van der Waals surface area contributed by atoms with Crippen LogP contribution in [0.4, 0.5) is 22.9 Å². The van der Waals surface area contributed by atoms with Crippen LogP contribution in [0, 0.1) is 10.1 Å². The maximum absolute atomic E-state index is 11.6. The minimum absolute atomic E-state index is 0.101. The van der Waals surface area contributed by atoms with Crippen LogP contribution in [0.5, 0.6) is 0 Å². The normalized spacial score (nSPS) is 14.9. The molecule has 9 nitrogen and oxygen atoms in total. The predicted octanol–water partition coefficient (Wildman–Crippen LogP) is 1.97. The lowest BCUT2D eigenvalue weighted by Crippen LogP contribution is -2.36. The van der Waals surface area contributed by atoms with Crippen LogP contribution in [-0.4, -0.2) is 50.9 Å². The molecule has 0 bridgehead atoms. The van der Waals surface area contributed by atoms with E-state index in [9.17, 15) is 18.5 Å². The molecule has 1 aliphatic rings. The standard InChI is InChI=1S/C16H18N4O5S/c1-26(23,24)13-3-4-14(15(10-13)20(21)22)18-12-2-5-16(17-11-12)19-6-8-25-9-7-19/h2-5,10-11,18H,6-9H2,1H3. The smallest absolute Gasteiger partial charge is 0.293 e. The van der Waals surface area contributed by atoms with Crippen LogP contribution in [0.1, 0.15) is 0 Å². The second-order valence-corrected chi connectivity index (χ2v) is 7.85. The summed E-state index contributed by atoms with van der Waals surface area (Å²) < 4.78 is 28.5. The van der Waals surface area contributed by atoms with E-state index in [1.165, 1.54) is 12.1 Å². The fourth-order valence-electron chi connectivity index (χ4n) is 2.59. The van der Waals surface area contributed by atoms with Gasteiger partial charge in [-0.05, 0) is 24.3 Å². The first-order valence-electron chi connectivity index (χ1n) is 7.89. The summed E-state index contributed by atoms with van der Waals surface area (Å²) >= 11 is 0. The first kappa shape index (κ1) is 18.1. The van der Waals surface area contributed by atoms with Crippen molar-refractivity contribution in [2.45, 2.75) is 4.90 Å². The van der Waals surface area contributed by atoms with Gasteiger partial charge in [-0.1, -0.05) is 0 Å². The Morgan fingerprint density at radius 2 is 1.96 bits per heavy atom. The predicted molar refractivity (Wildman–Crippen MR) is 96.8 cm³/mol. The van der Waals surface area contributed by atoms with Crippen molar-refractivity contribution in [3.05, 3.63) is 46.6 Å². The molecule has 1 aromatic carbocycles. The quantitative estimate of drug-likeness (QED) is 0.620. The number of ether oxygens (including phenoxy) is 1. The van der Waals surface area contributed by atoms with Crippen LogP contribution in [0.15, 0.2) is 41.4 Å². The molecule has 1 N–H and O–H groups in total. The molecule has 3 rings (SSSR count). The Morgan fingerprint density at radius 1 is 1.23 bits per heavy atom. The lowest BCUT2D eigenvalue weighted by atomic mass is 10.2. The van der Waals surface area contributed by atoms with Gasteiger partial charge in [0.25, 0.3) is 5.69 Å². The zero-order valence-corrected chi connectivity index (χ0v) is 14.9. The summed E-state index contributed by atoms with van der Waals surface area (Å²) in [5.74, 6) is 0.806. The highest BCUT2D eigenvalue weighted by Gasteiger charge is 2.19. The highest BCUT2D eigenvalue weighted by molar-refractivity contribution is 7.90. The molecule has 0 saturated carbocycles. The molecule has 1 aliphatic heterocycles. The minimum atomic E-state index is -3.53. The molecule has 2 heterocycles. The molecular formula is C16H18N4O5S. The maximum Gasteiger partial charge on any atom is 0.293 e. The van der Waals surface area contributed by atoms with E-state index in [4.69, 9.17) is 4.74 Å². The number of nitrogens with one attached hydrogen (secondary N) is 1. The number of sulfone groups is 1. The summed E-state index contributed by atoms with van der Waals surface area (Å²) in [5.41, 5.74) is 0.450. The molecule has 10 heteroatoms. The molecular weight excluding hydrogens is 360 g/mol. The van der Waals surface area contributed by atoms with Crippen LogP contribution < -0.4 is 10.2 Å². The van der Waals surface area contributed by atoms with Gasteiger partial charge in [0, 0.05) is 25.4 Å². The molecule has 138 valence electrons. The second-order valence-electron chi connectivity index (χ2n) is 5.84. The SMILES string of the molecule is CS(=O)(=O)c1ccc(Nc2ccc(N3CCOCC3)nc2)c([N+](=O)[O-])c1. The average molecular weight is 378 g/mol. The number of nitro benzene ring substituents is 1. The number of pyridine rings is 1. The number of aromatic nitrogens is 1. The zero-order chi connectivity index (χ0) is 18.7. The van der Waals surface area contributed by atoms with Crippen molar-refractivity contribution in [3.8, 4) is 0 Å². The number of hydrogen-bond acceptors (Lipinski definition) is 8. The molecule has 0 spiro atoms. The molecule has 0 aliphatic carbocycles. The number of morpholine rings is 1.